The third kappa shape index (κ3) is 2.51. The van der Waals surface area contributed by atoms with E-state index in [0.717, 1.165) is 5.56 Å². The number of halogens is 1. The van der Waals surface area contributed by atoms with Crippen LogP contribution in [0.15, 0.2) is 30.3 Å². The van der Waals surface area contributed by atoms with Crippen molar-refractivity contribution in [3.8, 4) is 0 Å². The van der Waals surface area contributed by atoms with Crippen molar-refractivity contribution in [3.63, 3.8) is 0 Å². The molecule has 1 nitrogen and oxygen atoms in total. The quantitative estimate of drug-likeness (QED) is 0.698. The van der Waals surface area contributed by atoms with E-state index >= 15 is 0 Å². The molecule has 0 amide bonds. The summed E-state index contributed by atoms with van der Waals surface area (Å²) < 4.78 is 0. The van der Waals surface area contributed by atoms with Gasteiger partial charge in [0.25, 0.3) is 0 Å². The van der Waals surface area contributed by atoms with Gasteiger partial charge in [-0.05, 0) is 11.6 Å². The molecular formula is C10H8ClO. The molecule has 0 bridgehead atoms. The number of carbonyl (C=O) groups excluding carboxylic acids is 1. The van der Waals surface area contributed by atoms with Gasteiger partial charge >= 0.3 is 0 Å². The topological polar surface area (TPSA) is 17.1 Å². The minimum atomic E-state index is 0.311. The van der Waals surface area contributed by atoms with Crippen LogP contribution in [0.5, 0.6) is 0 Å². The van der Waals surface area contributed by atoms with Gasteiger partial charge in [-0.1, -0.05) is 42.0 Å². The lowest BCUT2D eigenvalue weighted by Crippen LogP contribution is -1.73. The average molecular weight is 180 g/mol. The maximum Gasteiger partial charge on any atom is 0.202 e. The standard InChI is InChI=1S/C10H8ClO/c11-10-7-2-1-5-9(10)6-3-4-8-12/h1-3,5-7H,4H2/b6-3+. The van der Waals surface area contributed by atoms with E-state index in [1.165, 1.54) is 0 Å². The maximum absolute atomic E-state index is 9.87. The van der Waals surface area contributed by atoms with Crippen molar-refractivity contribution in [2.45, 2.75) is 6.42 Å². The minimum absolute atomic E-state index is 0.311. The summed E-state index contributed by atoms with van der Waals surface area (Å²) in [5, 5.41) is 0.694. The van der Waals surface area contributed by atoms with Gasteiger partial charge in [-0.15, -0.1) is 0 Å². The van der Waals surface area contributed by atoms with Gasteiger partial charge in [0.1, 0.15) is 0 Å². The average Bonchev–Trinajstić information content (AvgIpc) is 2.09. The van der Waals surface area contributed by atoms with Crippen LogP contribution >= 0.6 is 11.6 Å². The summed E-state index contributed by atoms with van der Waals surface area (Å²) >= 11 is 5.85. The first kappa shape index (κ1) is 9.01. The molecule has 0 unspecified atom stereocenters. The molecule has 12 heavy (non-hydrogen) atoms. The molecule has 0 heterocycles. The van der Waals surface area contributed by atoms with Crippen LogP contribution in [0.4, 0.5) is 0 Å². The number of allylic oxidation sites excluding steroid dienone is 1. The van der Waals surface area contributed by atoms with Crippen LogP contribution in [0.25, 0.3) is 6.08 Å². The fourth-order valence-electron chi connectivity index (χ4n) is 0.844. The highest BCUT2D eigenvalue weighted by Gasteiger charge is 1.91. The van der Waals surface area contributed by atoms with Gasteiger partial charge in [0.15, 0.2) is 0 Å². The summed E-state index contributed by atoms with van der Waals surface area (Å²) in [6.45, 7) is 0. The van der Waals surface area contributed by atoms with Crippen molar-refractivity contribution in [1.29, 1.82) is 0 Å². The molecule has 61 valence electrons. The van der Waals surface area contributed by atoms with Crippen LogP contribution in [0.1, 0.15) is 12.0 Å². The van der Waals surface area contributed by atoms with Crippen LogP contribution in [-0.4, -0.2) is 6.29 Å². The Morgan fingerprint density at radius 1 is 1.42 bits per heavy atom. The molecule has 0 aliphatic rings. The van der Waals surface area contributed by atoms with Crippen LogP contribution in [0.3, 0.4) is 0 Å². The number of benzene rings is 1. The Labute approximate surface area is 76.7 Å². The van der Waals surface area contributed by atoms with E-state index in [2.05, 4.69) is 0 Å². The summed E-state index contributed by atoms with van der Waals surface area (Å²) in [4.78, 5) is 9.87. The Bertz CT molecular complexity index is 292. The summed E-state index contributed by atoms with van der Waals surface area (Å²) in [6.07, 6.45) is 5.63. The maximum atomic E-state index is 9.87. The fraction of sp³-hybridized carbons (Fsp3) is 0.100. The highest BCUT2D eigenvalue weighted by molar-refractivity contribution is 6.32. The van der Waals surface area contributed by atoms with Crippen LogP contribution in [0, 0.1) is 0 Å². The zero-order valence-corrected chi connectivity index (χ0v) is 7.21. The predicted octanol–water partition coefficient (Wildman–Crippen LogP) is 2.85. The van der Waals surface area contributed by atoms with Gasteiger partial charge in [0.2, 0.25) is 6.29 Å². The zero-order chi connectivity index (χ0) is 8.81. The van der Waals surface area contributed by atoms with E-state index in [-0.39, 0.29) is 0 Å². The van der Waals surface area contributed by atoms with Crippen molar-refractivity contribution in [2.75, 3.05) is 0 Å². The Morgan fingerprint density at radius 3 is 2.83 bits per heavy atom. The molecule has 0 atom stereocenters. The Balaban J connectivity index is 2.74. The Hall–Kier alpha value is -1.08. The molecule has 1 aromatic carbocycles. The summed E-state index contributed by atoms with van der Waals surface area (Å²) in [5.74, 6) is 0. The first-order chi connectivity index (χ1) is 5.84. The number of rotatable bonds is 3. The van der Waals surface area contributed by atoms with Gasteiger partial charge in [0.05, 0.1) is 0 Å². The number of hydrogen-bond acceptors (Lipinski definition) is 1. The van der Waals surface area contributed by atoms with Gasteiger partial charge in [-0.3, -0.25) is 4.79 Å². The monoisotopic (exact) mass is 179 g/mol. The lowest BCUT2D eigenvalue weighted by Gasteiger charge is -1.94. The molecule has 0 saturated heterocycles. The molecule has 1 aromatic rings. The number of hydrogen-bond donors (Lipinski definition) is 0. The van der Waals surface area contributed by atoms with Crippen molar-refractivity contribution < 1.29 is 4.79 Å². The van der Waals surface area contributed by atoms with Crippen LogP contribution < -0.4 is 0 Å². The van der Waals surface area contributed by atoms with Crippen molar-refractivity contribution in [1.82, 2.24) is 0 Å². The highest BCUT2D eigenvalue weighted by atomic mass is 35.5. The minimum Gasteiger partial charge on any atom is -0.291 e. The van der Waals surface area contributed by atoms with Crippen molar-refractivity contribution in [2.24, 2.45) is 0 Å². The molecule has 0 aliphatic carbocycles. The third-order valence-corrected chi connectivity index (χ3v) is 1.75. The molecule has 0 aliphatic heterocycles. The second kappa shape index (κ2) is 4.73. The molecular weight excluding hydrogens is 172 g/mol. The zero-order valence-electron chi connectivity index (χ0n) is 6.46. The van der Waals surface area contributed by atoms with E-state index in [4.69, 9.17) is 11.6 Å². The Kier molecular flexibility index (Phi) is 3.55. The molecule has 1 rings (SSSR count). The molecule has 0 fully saturated rings. The fourth-order valence-corrected chi connectivity index (χ4v) is 1.04. The first-order valence-electron chi connectivity index (χ1n) is 3.60. The van der Waals surface area contributed by atoms with E-state index in [9.17, 15) is 4.79 Å². The molecule has 0 N–H and O–H groups in total. The van der Waals surface area contributed by atoms with E-state index in [0.29, 0.717) is 11.4 Å². The molecule has 0 spiro atoms. The summed E-state index contributed by atoms with van der Waals surface area (Å²) in [5.41, 5.74) is 0.925. The van der Waals surface area contributed by atoms with Gasteiger partial charge in [-0.25, -0.2) is 0 Å². The van der Waals surface area contributed by atoms with E-state index in [1.807, 2.05) is 30.3 Å². The first-order valence-corrected chi connectivity index (χ1v) is 3.98. The van der Waals surface area contributed by atoms with Crippen LogP contribution in [-0.2, 0) is 4.79 Å². The molecule has 0 saturated carbocycles. The highest BCUT2D eigenvalue weighted by Crippen LogP contribution is 2.16. The van der Waals surface area contributed by atoms with Gasteiger partial charge in [0, 0.05) is 11.4 Å². The predicted molar refractivity (Wildman–Crippen MR) is 50.8 cm³/mol. The second-order valence-electron chi connectivity index (χ2n) is 2.27. The third-order valence-electron chi connectivity index (χ3n) is 1.40. The van der Waals surface area contributed by atoms with Crippen molar-refractivity contribution >= 4 is 24.0 Å². The smallest absolute Gasteiger partial charge is 0.202 e. The SMILES string of the molecule is O=[C]C/C=C/c1ccccc1Cl. The van der Waals surface area contributed by atoms with Gasteiger partial charge < -0.3 is 0 Å². The normalized spacial score (nSPS) is 10.4. The lowest BCUT2D eigenvalue weighted by molar-refractivity contribution is 0.556. The van der Waals surface area contributed by atoms with Crippen LogP contribution in [0.2, 0.25) is 5.02 Å². The molecule has 1 radical (unpaired) electrons. The van der Waals surface area contributed by atoms with Gasteiger partial charge in [-0.2, -0.15) is 0 Å². The van der Waals surface area contributed by atoms with E-state index in [1.54, 1.807) is 12.4 Å². The summed E-state index contributed by atoms with van der Waals surface area (Å²) in [7, 11) is 0. The summed E-state index contributed by atoms with van der Waals surface area (Å²) in [6, 6.07) is 7.47. The molecule has 0 aromatic heterocycles. The van der Waals surface area contributed by atoms with Crippen molar-refractivity contribution in [3.05, 3.63) is 40.9 Å². The largest absolute Gasteiger partial charge is 0.291 e. The Morgan fingerprint density at radius 2 is 2.17 bits per heavy atom. The molecule has 2 heteroatoms. The lowest BCUT2D eigenvalue weighted by atomic mass is 10.2. The van der Waals surface area contributed by atoms with E-state index < -0.39 is 0 Å². The second-order valence-corrected chi connectivity index (χ2v) is 2.68.